The number of nitrogens with one attached hydrogen (secondary N) is 5. The number of alkyl carbamates (subject to hydrolysis) is 1. The number of benzene rings is 3. The number of nitrogens with two attached hydrogens (primary N) is 1. The van der Waals surface area contributed by atoms with E-state index in [0.717, 1.165) is 40.0 Å². The summed E-state index contributed by atoms with van der Waals surface area (Å²) in [6.07, 6.45) is 12.1. The van der Waals surface area contributed by atoms with Gasteiger partial charge in [0.15, 0.2) is 0 Å². The lowest BCUT2D eigenvalue weighted by Crippen LogP contribution is -2.54. The highest BCUT2D eigenvalue weighted by atomic mass is 35.5. The van der Waals surface area contributed by atoms with Crippen LogP contribution in [-0.2, 0) is 49.5 Å². The smallest absolute Gasteiger partial charge is 0.415 e. The van der Waals surface area contributed by atoms with Crippen LogP contribution in [0.2, 0.25) is 0 Å². The Balaban J connectivity index is 0.900. The van der Waals surface area contributed by atoms with Gasteiger partial charge in [-0.2, -0.15) is 0 Å². The number of aliphatic hydroxyl groups excluding tert-OH is 2. The number of anilines is 3. The van der Waals surface area contributed by atoms with Crippen molar-refractivity contribution in [2.45, 2.75) is 104 Å². The number of aryl methyl sites for hydroxylation is 1. The number of aliphatic hydroxyl groups is 2. The Morgan fingerprint density at radius 3 is 2.27 bits per heavy atom. The first-order valence-corrected chi connectivity index (χ1v) is 34.3. The van der Waals surface area contributed by atoms with E-state index in [2.05, 4.69) is 31.6 Å². The van der Waals surface area contributed by atoms with Crippen LogP contribution in [0.25, 0.3) is 16.4 Å². The van der Waals surface area contributed by atoms with Crippen LogP contribution in [0.3, 0.4) is 0 Å². The Morgan fingerprint density at radius 2 is 1.59 bits per heavy atom. The number of allylic oxidation sites excluding steroid dienone is 3. The van der Waals surface area contributed by atoms with Crippen molar-refractivity contribution in [1.82, 2.24) is 40.0 Å². The fraction of sp³-hybridized carbons (Fsp3) is 0.431. The molecule has 4 heterocycles. The predicted molar refractivity (Wildman–Crippen MR) is 379 cm³/mol. The molecule has 2 aromatic heterocycles. The first kappa shape index (κ1) is 77.4. The van der Waals surface area contributed by atoms with Crippen molar-refractivity contribution in [1.29, 1.82) is 0 Å². The second kappa shape index (κ2) is 36.3. The van der Waals surface area contributed by atoms with Crippen LogP contribution >= 0.6 is 11.6 Å². The third-order valence-corrected chi connectivity index (χ3v) is 18.0. The molecule has 8 rings (SSSR count). The number of pyridine rings is 1. The van der Waals surface area contributed by atoms with E-state index in [1.54, 1.807) is 96.2 Å². The number of hydrogen-bond donors (Lipinski definition) is 8. The molecule has 5 aromatic rings. The van der Waals surface area contributed by atoms with Crippen LogP contribution in [0.15, 0.2) is 121 Å². The van der Waals surface area contributed by atoms with Gasteiger partial charge in [-0.05, 0) is 104 Å². The molecule has 0 radical (unpaired) electrons. The van der Waals surface area contributed by atoms with Gasteiger partial charge in [0.05, 0.1) is 44.3 Å². The molecule has 30 heteroatoms. The summed E-state index contributed by atoms with van der Waals surface area (Å²) in [5.74, 6) is -3.19. The second-order valence-electron chi connectivity index (χ2n) is 25.3. The molecule has 5 atom stereocenters. The van der Waals surface area contributed by atoms with Crippen LogP contribution in [-0.4, -0.2) is 197 Å². The second-order valence-corrected chi connectivity index (χ2v) is 25.6. The first-order chi connectivity index (χ1) is 48.9. The highest BCUT2D eigenvalue weighted by molar-refractivity contribution is 6.19. The molecule has 1 aliphatic carbocycles. The number of imidazole rings is 1. The summed E-state index contributed by atoms with van der Waals surface area (Å²) in [5.41, 5.74) is 8.98. The van der Waals surface area contributed by atoms with E-state index in [0.29, 0.717) is 57.8 Å². The summed E-state index contributed by atoms with van der Waals surface area (Å²) in [6.45, 7) is 10.3. The predicted octanol–water partition coefficient (Wildman–Crippen LogP) is 7.32. The molecule has 0 saturated carbocycles. The Kier molecular flexibility index (Phi) is 27.5. The number of likely N-dealkylation sites (N-methyl/N-ethyl adjacent to an activating group) is 1. The Labute approximate surface area is 595 Å². The number of imide groups is 1. The number of nitrogens with zero attached hydrogens (tertiary/aromatic N) is 6. The highest BCUT2D eigenvalue weighted by Crippen LogP contribution is 2.47. The fourth-order valence-electron chi connectivity index (χ4n) is 11.6. The van der Waals surface area contributed by atoms with Crippen molar-refractivity contribution in [3.05, 3.63) is 143 Å². The van der Waals surface area contributed by atoms with Gasteiger partial charge in [-0.3, -0.25) is 33.7 Å². The molecule has 3 unspecified atom stereocenters. The number of amides is 11. The highest BCUT2D eigenvalue weighted by Gasteiger charge is 2.38. The largest absolute Gasteiger partial charge is 0.491 e. The average Bonchev–Trinajstić information content (AvgIpc) is 1.55. The van der Waals surface area contributed by atoms with Gasteiger partial charge in [-0.25, -0.2) is 24.2 Å². The zero-order valence-corrected chi connectivity index (χ0v) is 58.9. The molecular formula is C72H89ClN12O17. The topological polar surface area (TPSA) is 374 Å². The average molecular weight is 1430 g/mol. The van der Waals surface area contributed by atoms with Gasteiger partial charge < -0.3 is 85.3 Å². The maximum Gasteiger partial charge on any atom is 0.415 e. The fourth-order valence-corrected chi connectivity index (χ4v) is 11.9. The van der Waals surface area contributed by atoms with Crippen molar-refractivity contribution in [3.8, 4) is 5.75 Å². The Hall–Kier alpha value is -10.4. The number of alkyl halides is 1. The number of carbonyl (C=O) groups excluding carboxylic acids is 10. The summed E-state index contributed by atoms with van der Waals surface area (Å²) in [6, 6.07) is 13.7. The minimum absolute atomic E-state index is 0.000695. The number of rotatable bonds is 34. The first-order valence-electron chi connectivity index (χ1n) is 33.8. The number of halogens is 1. The van der Waals surface area contributed by atoms with Crippen LogP contribution in [0, 0.1) is 18.3 Å². The molecule has 0 fully saturated rings. The SMILES string of the molecule is CCCC(CO)OC1=CC=C(C(=O)Nc2ccc3nc(C(=O)N4CC(CCl)c5c4cc(OC(=O)N(CCOCCO)CCN(C)C(=O)OCc4ccc(NC(=O)[C@H](CCCNC(N)=O)NC(=O)[C@@H](NC(=O)OCCN6C(=O)C=CC6=O)C(C)C)cc4)c4cccc(C)c54)cn3c2)C=CC1(C)CC. The van der Waals surface area contributed by atoms with Gasteiger partial charge in [0, 0.05) is 104 Å². The van der Waals surface area contributed by atoms with Crippen molar-refractivity contribution in [3.63, 3.8) is 0 Å². The molecule has 2 aliphatic heterocycles. The molecule has 3 aliphatic rings. The molecule has 29 nitrogen and oxygen atoms in total. The van der Waals surface area contributed by atoms with Gasteiger partial charge in [-0.1, -0.05) is 76.6 Å². The number of fused-ring (bicyclic) bond motifs is 4. The normalized spacial score (nSPS) is 16.3. The molecule has 0 spiro atoms. The van der Waals surface area contributed by atoms with E-state index < -0.39 is 77.3 Å². The summed E-state index contributed by atoms with van der Waals surface area (Å²) in [7, 11) is 1.49. The van der Waals surface area contributed by atoms with Gasteiger partial charge in [0.2, 0.25) is 11.8 Å². The van der Waals surface area contributed by atoms with Crippen molar-refractivity contribution < 1.29 is 81.8 Å². The van der Waals surface area contributed by atoms with Gasteiger partial charge in [0.1, 0.15) is 54.3 Å². The molecule has 0 saturated heterocycles. The number of primary amides is 1. The molecular weight excluding hydrogens is 1340 g/mol. The van der Waals surface area contributed by atoms with Crippen LogP contribution < -0.4 is 42.0 Å². The zero-order chi connectivity index (χ0) is 73.8. The summed E-state index contributed by atoms with van der Waals surface area (Å²) >= 11 is 6.71. The number of ether oxygens (including phenoxy) is 5. The molecule has 11 amide bonds. The Morgan fingerprint density at radius 1 is 0.843 bits per heavy atom. The van der Waals surface area contributed by atoms with E-state index in [-0.39, 0.29) is 127 Å². The number of carbonyl (C=O) groups is 10. The van der Waals surface area contributed by atoms with Gasteiger partial charge in [0.25, 0.3) is 23.6 Å². The van der Waals surface area contributed by atoms with E-state index >= 15 is 0 Å². The van der Waals surface area contributed by atoms with Crippen LogP contribution in [0.4, 0.5) is 36.2 Å². The molecule has 3 aromatic carbocycles. The molecule has 102 heavy (non-hydrogen) atoms. The van der Waals surface area contributed by atoms with E-state index in [1.165, 1.54) is 16.8 Å². The van der Waals surface area contributed by atoms with Crippen molar-refractivity contribution >= 4 is 105 Å². The Bertz CT molecular complexity index is 4020. The number of hydrogen-bond acceptors (Lipinski definition) is 18. The minimum Gasteiger partial charge on any atom is -0.491 e. The zero-order valence-electron chi connectivity index (χ0n) is 58.2. The lowest BCUT2D eigenvalue weighted by Gasteiger charge is -2.30. The molecule has 546 valence electrons. The maximum atomic E-state index is 14.8. The third-order valence-electron chi connectivity index (χ3n) is 17.6. The monoisotopic (exact) mass is 1430 g/mol. The number of aromatic nitrogens is 2. The van der Waals surface area contributed by atoms with Crippen LogP contribution in [0.5, 0.6) is 5.75 Å². The van der Waals surface area contributed by atoms with Gasteiger partial charge in [-0.15, -0.1) is 11.6 Å². The minimum atomic E-state index is -1.19. The van der Waals surface area contributed by atoms with Crippen molar-refractivity contribution in [2.75, 3.05) is 101 Å². The quantitative estimate of drug-likeness (QED) is 0.0114. The number of urea groups is 1. The summed E-state index contributed by atoms with van der Waals surface area (Å²) in [5, 5.41) is 34.0. The van der Waals surface area contributed by atoms with Crippen LogP contribution in [0.1, 0.15) is 99.8 Å². The third kappa shape index (κ3) is 20.0. The lowest BCUT2D eigenvalue weighted by atomic mass is 9.84. The van der Waals surface area contributed by atoms with Gasteiger partial charge >= 0.3 is 24.3 Å². The van der Waals surface area contributed by atoms with E-state index in [4.69, 9.17) is 41.0 Å². The van der Waals surface area contributed by atoms with Crippen molar-refractivity contribution in [2.24, 2.45) is 17.1 Å². The standard InChI is InChI=1S/C72H89ClN12O17/c1-8-12-51(42-87)101-57-22-18-47(26-27-72(57,6)9-2)64(90)77-50-21-23-58-78-54(41-83(58)40-50)67(93)85-39-48(38-73)62-55(85)37-56(52-14-10-13-45(5)61(52)62)102-71(97)82(31-34-98-36-33-86)30-29-81(7)70(96)100-43-46-16-19-49(20-17-46)76-65(91)53(15-11-28-75-68(74)94)79-66(92)63(44(3)4)80-69(95)99-35-32-84-59(88)24-25-60(84)89/h10,13-14,16-27,37,40-41,44,48,51,53,63,86-87H,8-9,11-12,15,28-36,38-39,42-43H2,1-7H3,(H,76,91)(H,77,90)(H,79,92)(H,80,95)(H3,74,75,94)/t48?,51?,53-,63-,72?/m0/s1. The lowest BCUT2D eigenvalue weighted by molar-refractivity contribution is -0.137. The van der Waals surface area contributed by atoms with E-state index in [1.807, 2.05) is 52.0 Å². The maximum absolute atomic E-state index is 14.8. The molecule has 0 bridgehead atoms. The summed E-state index contributed by atoms with van der Waals surface area (Å²) in [4.78, 5) is 142. The van der Waals surface area contributed by atoms with E-state index in [9.17, 15) is 58.2 Å². The summed E-state index contributed by atoms with van der Waals surface area (Å²) < 4.78 is 30.5. The molecule has 9 N–H and O–H groups in total.